The van der Waals surface area contributed by atoms with Gasteiger partial charge in [-0.05, 0) is 31.5 Å². The summed E-state index contributed by atoms with van der Waals surface area (Å²) in [6.45, 7) is 0.870. The van der Waals surface area contributed by atoms with Gasteiger partial charge in [0.25, 0.3) is 11.7 Å². The number of hydrogen-bond acceptors (Lipinski definition) is 8. The molecule has 216 valence electrons. The second kappa shape index (κ2) is 11.4. The lowest BCUT2D eigenvalue weighted by atomic mass is 9.92. The Hall–Kier alpha value is -3.10. The van der Waals surface area contributed by atoms with E-state index in [1.165, 1.54) is 25.4 Å². The fourth-order valence-corrected chi connectivity index (χ4v) is 5.66. The third-order valence-electron chi connectivity index (χ3n) is 6.58. The number of rotatable bonds is 9. The van der Waals surface area contributed by atoms with Crippen molar-refractivity contribution in [1.29, 1.82) is 0 Å². The van der Waals surface area contributed by atoms with Crippen LogP contribution in [0.1, 0.15) is 37.3 Å². The average molecular weight is 607 g/mol. The maximum absolute atomic E-state index is 17.2. The van der Waals surface area contributed by atoms with Crippen molar-refractivity contribution >= 4 is 40.7 Å². The van der Waals surface area contributed by atoms with E-state index < -0.39 is 88.6 Å². The molecule has 0 saturated carbocycles. The van der Waals surface area contributed by atoms with Crippen LogP contribution < -0.4 is 0 Å². The first-order chi connectivity index (χ1) is 18.8. The normalized spacial score (nSPS) is 23.8. The van der Waals surface area contributed by atoms with Gasteiger partial charge in [0.2, 0.25) is 0 Å². The van der Waals surface area contributed by atoms with E-state index in [4.69, 9.17) is 16.3 Å². The van der Waals surface area contributed by atoms with Crippen LogP contribution in [0.4, 0.5) is 22.0 Å². The number of aliphatic carboxylic acids is 1. The Kier molecular flexibility index (Phi) is 8.52. The quantitative estimate of drug-likeness (QED) is 0.178. The molecule has 0 bridgehead atoms. The molecular weight excluding hydrogens is 583 g/mol. The Labute approximate surface area is 234 Å². The van der Waals surface area contributed by atoms with Gasteiger partial charge in [0.15, 0.2) is 10.8 Å². The minimum atomic E-state index is -3.26. The van der Waals surface area contributed by atoms with E-state index in [2.05, 4.69) is 9.98 Å². The number of carbonyl (C=O) groups is 2. The smallest absolute Gasteiger partial charge is 0.341 e. The SMILES string of the molecule is CCOC(=O)C1=C(CN2CC(F)(F)C[C@@H]2CC(C)C(=O)O)N(F)C(c2nccs2)=N[C@]1(F)c1ccc(F)cc1Cl. The summed E-state index contributed by atoms with van der Waals surface area (Å²) in [5.41, 5.74) is -2.21. The third kappa shape index (κ3) is 5.84. The number of aromatic nitrogens is 1. The molecule has 15 heteroatoms. The number of carbonyl (C=O) groups excluding carboxylic acids is 1. The fraction of sp³-hybridized carbons (Fsp3) is 0.440. The number of thiazole rings is 1. The van der Waals surface area contributed by atoms with Crippen LogP contribution in [0, 0.1) is 11.7 Å². The van der Waals surface area contributed by atoms with Gasteiger partial charge in [0.1, 0.15) is 11.4 Å². The number of carboxylic acid groups (broad SMARTS) is 1. The van der Waals surface area contributed by atoms with Crippen LogP contribution in [-0.2, 0) is 20.1 Å². The molecule has 2 aliphatic heterocycles. The van der Waals surface area contributed by atoms with E-state index in [9.17, 15) is 27.9 Å². The fourth-order valence-electron chi connectivity index (χ4n) is 4.76. The molecule has 0 amide bonds. The molecule has 1 saturated heterocycles. The lowest BCUT2D eigenvalue weighted by Gasteiger charge is -2.36. The van der Waals surface area contributed by atoms with Gasteiger partial charge in [0.05, 0.1) is 29.8 Å². The Morgan fingerprint density at radius 1 is 1.32 bits per heavy atom. The average Bonchev–Trinajstić information content (AvgIpc) is 3.48. The zero-order valence-electron chi connectivity index (χ0n) is 21.2. The van der Waals surface area contributed by atoms with Crippen LogP contribution in [-0.4, -0.2) is 69.5 Å². The van der Waals surface area contributed by atoms with E-state index in [0.29, 0.717) is 0 Å². The van der Waals surface area contributed by atoms with E-state index in [0.717, 1.165) is 34.4 Å². The number of benzene rings is 1. The van der Waals surface area contributed by atoms with Crippen LogP contribution >= 0.6 is 22.9 Å². The molecule has 8 nitrogen and oxygen atoms in total. The van der Waals surface area contributed by atoms with Crippen molar-refractivity contribution in [3.63, 3.8) is 0 Å². The maximum atomic E-state index is 17.2. The number of hydrogen-bond donors (Lipinski definition) is 1. The number of ether oxygens (including phenoxy) is 1. The van der Waals surface area contributed by atoms with Gasteiger partial charge in [-0.3, -0.25) is 9.69 Å². The molecule has 0 aliphatic carbocycles. The molecule has 4 rings (SSSR count). The lowest BCUT2D eigenvalue weighted by Crippen LogP contribution is -2.45. The van der Waals surface area contributed by atoms with E-state index >= 15 is 8.87 Å². The molecule has 1 aromatic heterocycles. The number of esters is 1. The largest absolute Gasteiger partial charge is 0.481 e. The predicted molar refractivity (Wildman–Crippen MR) is 136 cm³/mol. The Morgan fingerprint density at radius 2 is 2.05 bits per heavy atom. The highest BCUT2D eigenvalue weighted by Gasteiger charge is 2.53. The first-order valence-corrected chi connectivity index (χ1v) is 13.4. The molecule has 2 aliphatic rings. The molecule has 1 aromatic carbocycles. The van der Waals surface area contributed by atoms with Crippen LogP contribution in [0.5, 0.6) is 0 Å². The third-order valence-corrected chi connectivity index (χ3v) is 7.66. The molecular formula is C25H24ClF5N4O4S. The van der Waals surface area contributed by atoms with Gasteiger partial charge >= 0.3 is 11.9 Å². The Balaban J connectivity index is 1.91. The Morgan fingerprint density at radius 3 is 2.65 bits per heavy atom. The van der Waals surface area contributed by atoms with Gasteiger partial charge in [-0.25, -0.2) is 32.3 Å². The van der Waals surface area contributed by atoms with Crippen molar-refractivity contribution < 1.29 is 41.5 Å². The zero-order chi connectivity index (χ0) is 29.4. The van der Waals surface area contributed by atoms with E-state index in [1.807, 2.05) is 0 Å². The standard InChI is InChI=1S/C25H24ClF5N4O4S/c1-3-39-23(38)19-18(11-34-12-24(28,29)10-15(34)8-13(2)22(36)37)35(31)20(21-32-6-7-40-21)33-25(19,30)16-5-4-14(27)9-17(16)26/h4-7,9,13,15H,3,8,10-12H2,1-2H3,(H,36,37)/t13?,15-,25+/m0/s1. The topological polar surface area (TPSA) is 95.3 Å². The van der Waals surface area contributed by atoms with Crippen LogP contribution in [0.15, 0.2) is 46.0 Å². The number of carboxylic acids is 1. The number of nitrogens with zero attached hydrogens (tertiary/aromatic N) is 4. The predicted octanol–water partition coefficient (Wildman–Crippen LogP) is 5.34. The first-order valence-electron chi connectivity index (χ1n) is 12.1. The number of amidine groups is 1. The molecule has 0 radical (unpaired) electrons. The van der Waals surface area contributed by atoms with Crippen molar-refractivity contribution in [2.75, 3.05) is 19.7 Å². The van der Waals surface area contributed by atoms with Crippen LogP contribution in [0.25, 0.3) is 0 Å². The summed E-state index contributed by atoms with van der Waals surface area (Å²) in [7, 11) is 0. The van der Waals surface area contributed by atoms with Crippen LogP contribution in [0.3, 0.4) is 0 Å². The highest BCUT2D eigenvalue weighted by molar-refractivity contribution is 7.11. The maximum Gasteiger partial charge on any atom is 0.341 e. The minimum absolute atomic E-state index is 0.106. The number of halogens is 6. The minimum Gasteiger partial charge on any atom is -0.481 e. The van der Waals surface area contributed by atoms with E-state index in [1.54, 1.807) is 0 Å². The second-order valence-corrected chi connectivity index (χ2v) is 10.7. The monoisotopic (exact) mass is 606 g/mol. The van der Waals surface area contributed by atoms with E-state index in [-0.39, 0.29) is 23.2 Å². The summed E-state index contributed by atoms with van der Waals surface area (Å²) in [6, 6.07) is 1.55. The molecule has 1 unspecified atom stereocenters. The van der Waals surface area contributed by atoms with Gasteiger partial charge in [-0.1, -0.05) is 23.0 Å². The molecule has 40 heavy (non-hydrogen) atoms. The van der Waals surface area contributed by atoms with Gasteiger partial charge in [-0.15, -0.1) is 11.3 Å². The summed E-state index contributed by atoms with van der Waals surface area (Å²) in [6.07, 6.45) is 0.365. The van der Waals surface area contributed by atoms with Gasteiger partial charge in [-0.2, -0.15) is 5.12 Å². The van der Waals surface area contributed by atoms with Crippen molar-refractivity contribution in [2.24, 2.45) is 10.9 Å². The molecule has 2 aromatic rings. The lowest BCUT2D eigenvalue weighted by molar-refractivity contribution is -0.142. The van der Waals surface area contributed by atoms with Gasteiger partial charge in [0, 0.05) is 36.1 Å². The summed E-state index contributed by atoms with van der Waals surface area (Å²) in [5.74, 6) is -11.6. The van der Waals surface area contributed by atoms with Crippen molar-refractivity contribution in [3.05, 3.63) is 62.5 Å². The Bertz CT molecular complexity index is 1360. The molecule has 1 N–H and O–H groups in total. The highest BCUT2D eigenvalue weighted by Crippen LogP contribution is 2.47. The number of alkyl halides is 3. The highest BCUT2D eigenvalue weighted by atomic mass is 35.5. The summed E-state index contributed by atoms with van der Waals surface area (Å²) in [5, 5.41) is 10.1. The first kappa shape index (κ1) is 29.9. The number of likely N-dealkylation sites (tertiary alicyclic amines) is 1. The summed E-state index contributed by atoms with van der Waals surface area (Å²) < 4.78 is 81.4. The van der Waals surface area contributed by atoms with Crippen LogP contribution in [0.2, 0.25) is 5.02 Å². The summed E-state index contributed by atoms with van der Waals surface area (Å²) in [4.78, 5) is 33.6. The number of aliphatic imine (C=N–C) groups is 1. The molecule has 3 atom stereocenters. The molecule has 1 fully saturated rings. The van der Waals surface area contributed by atoms with Crippen molar-refractivity contribution in [1.82, 2.24) is 15.0 Å². The molecule has 3 heterocycles. The summed E-state index contributed by atoms with van der Waals surface area (Å²) >= 11 is 7.06. The van der Waals surface area contributed by atoms with Gasteiger partial charge < -0.3 is 9.84 Å². The van der Waals surface area contributed by atoms with Crippen molar-refractivity contribution in [3.8, 4) is 0 Å². The molecule has 0 spiro atoms. The zero-order valence-corrected chi connectivity index (χ0v) is 22.8. The van der Waals surface area contributed by atoms with Crippen molar-refractivity contribution in [2.45, 2.75) is 44.4 Å². The second-order valence-electron chi connectivity index (χ2n) is 9.44.